The summed E-state index contributed by atoms with van der Waals surface area (Å²) in [5, 5.41) is 18.4. The highest BCUT2D eigenvalue weighted by molar-refractivity contribution is 7.86. The summed E-state index contributed by atoms with van der Waals surface area (Å²) < 4.78 is 36.2. The first-order valence-corrected chi connectivity index (χ1v) is 6.06. The van der Waals surface area contributed by atoms with E-state index in [2.05, 4.69) is 4.18 Å². The van der Waals surface area contributed by atoms with Crippen LogP contribution in [-0.2, 0) is 23.8 Å². The molecular weight excluding hydrogens is 228 g/mol. The van der Waals surface area contributed by atoms with Crippen molar-refractivity contribution >= 4 is 10.1 Å². The first kappa shape index (κ1) is 12.8. The summed E-state index contributed by atoms with van der Waals surface area (Å²) in [6.45, 7) is -0.440. The van der Waals surface area contributed by atoms with Gasteiger partial charge in [-0.15, -0.1) is 0 Å². The fourth-order valence-electron chi connectivity index (χ4n) is 1.35. The Kier molecular flexibility index (Phi) is 4.04. The van der Waals surface area contributed by atoms with Gasteiger partial charge in [0.2, 0.25) is 0 Å². The molecule has 0 aliphatic carbocycles. The van der Waals surface area contributed by atoms with Crippen LogP contribution in [0.5, 0.6) is 0 Å². The van der Waals surface area contributed by atoms with Crippen molar-refractivity contribution in [2.45, 2.75) is 24.6 Å². The van der Waals surface area contributed by atoms with Crippen LogP contribution in [0.2, 0.25) is 0 Å². The van der Waals surface area contributed by atoms with Gasteiger partial charge in [-0.1, -0.05) is 0 Å². The molecule has 0 aromatic rings. The molecule has 1 rings (SSSR count). The van der Waals surface area contributed by atoms with Crippen LogP contribution >= 0.6 is 0 Å². The first-order valence-electron chi connectivity index (χ1n) is 4.24. The lowest BCUT2D eigenvalue weighted by Crippen LogP contribution is -2.38. The maximum absolute atomic E-state index is 10.9. The topological polar surface area (TPSA) is 102 Å². The van der Waals surface area contributed by atoms with Crippen molar-refractivity contribution in [3.63, 3.8) is 0 Å². The van der Waals surface area contributed by atoms with Gasteiger partial charge in [-0.05, 0) is 0 Å². The maximum atomic E-state index is 10.9. The SMILES string of the molecule is CO[C@H]1O[C@H](CO)[C@H](O)[C@H]1OS(C)(=O)=O. The van der Waals surface area contributed by atoms with Crippen LogP contribution in [0.3, 0.4) is 0 Å². The number of rotatable bonds is 4. The third-order valence-corrected chi connectivity index (χ3v) is 2.56. The van der Waals surface area contributed by atoms with Crippen molar-refractivity contribution in [2.75, 3.05) is 20.0 Å². The maximum Gasteiger partial charge on any atom is 0.264 e. The van der Waals surface area contributed by atoms with Crippen molar-refractivity contribution in [1.82, 2.24) is 0 Å². The van der Waals surface area contributed by atoms with E-state index in [0.29, 0.717) is 0 Å². The Morgan fingerprint density at radius 2 is 2.07 bits per heavy atom. The molecular formula is C7H14O7S. The fraction of sp³-hybridized carbons (Fsp3) is 1.00. The zero-order valence-electron chi connectivity index (χ0n) is 8.36. The van der Waals surface area contributed by atoms with Crippen molar-refractivity contribution < 1.29 is 32.3 Å². The second-order valence-corrected chi connectivity index (χ2v) is 4.82. The fourth-order valence-corrected chi connectivity index (χ4v) is 1.96. The van der Waals surface area contributed by atoms with E-state index in [1.165, 1.54) is 7.11 Å². The van der Waals surface area contributed by atoms with Gasteiger partial charge in [-0.3, -0.25) is 4.18 Å². The van der Waals surface area contributed by atoms with Crippen molar-refractivity contribution in [3.05, 3.63) is 0 Å². The van der Waals surface area contributed by atoms with Crippen LogP contribution in [0.25, 0.3) is 0 Å². The first-order chi connectivity index (χ1) is 6.89. The molecule has 1 heterocycles. The van der Waals surface area contributed by atoms with Gasteiger partial charge in [0.1, 0.15) is 12.2 Å². The zero-order chi connectivity index (χ0) is 11.6. The van der Waals surface area contributed by atoms with Gasteiger partial charge in [-0.2, -0.15) is 8.42 Å². The van der Waals surface area contributed by atoms with E-state index >= 15 is 0 Å². The minimum Gasteiger partial charge on any atom is -0.394 e. The summed E-state index contributed by atoms with van der Waals surface area (Å²) in [7, 11) is -2.43. The predicted molar refractivity (Wildman–Crippen MR) is 48.5 cm³/mol. The Labute approximate surface area is 87.7 Å². The molecule has 0 unspecified atom stereocenters. The average Bonchev–Trinajstić information content (AvgIpc) is 2.42. The van der Waals surface area contributed by atoms with E-state index in [4.69, 9.17) is 14.6 Å². The standard InChI is InChI=1S/C7H14O7S/c1-12-7-6(14-15(2,10)11)5(9)4(3-8)13-7/h4-9H,3H2,1-2H3/t4-,5+,6-,7+/m1/s1. The van der Waals surface area contributed by atoms with Crippen molar-refractivity contribution in [3.8, 4) is 0 Å². The van der Waals surface area contributed by atoms with Crippen LogP contribution in [0.4, 0.5) is 0 Å². The molecule has 2 N–H and O–H groups in total. The van der Waals surface area contributed by atoms with Crippen LogP contribution in [-0.4, -0.2) is 63.2 Å². The minimum atomic E-state index is -3.72. The highest BCUT2D eigenvalue weighted by Gasteiger charge is 2.46. The number of hydrogen-bond donors (Lipinski definition) is 2. The molecule has 0 radical (unpaired) electrons. The van der Waals surface area contributed by atoms with Gasteiger partial charge >= 0.3 is 0 Å². The average molecular weight is 242 g/mol. The van der Waals surface area contributed by atoms with Gasteiger partial charge in [0.25, 0.3) is 10.1 Å². The minimum absolute atomic E-state index is 0.440. The van der Waals surface area contributed by atoms with Crippen LogP contribution in [0.1, 0.15) is 0 Å². The lowest BCUT2D eigenvalue weighted by Gasteiger charge is -2.17. The Bertz CT molecular complexity index is 298. The Morgan fingerprint density at radius 3 is 2.47 bits per heavy atom. The van der Waals surface area contributed by atoms with Gasteiger partial charge in [-0.25, -0.2) is 0 Å². The molecule has 7 nitrogen and oxygen atoms in total. The molecule has 1 aliphatic rings. The molecule has 0 saturated carbocycles. The highest BCUT2D eigenvalue weighted by Crippen LogP contribution is 2.25. The smallest absolute Gasteiger partial charge is 0.264 e. The number of ether oxygens (including phenoxy) is 2. The second-order valence-electron chi connectivity index (χ2n) is 3.22. The monoisotopic (exact) mass is 242 g/mol. The molecule has 0 aromatic carbocycles. The second kappa shape index (κ2) is 4.73. The van der Waals surface area contributed by atoms with Gasteiger partial charge in [0, 0.05) is 7.11 Å². The molecule has 90 valence electrons. The quantitative estimate of drug-likeness (QED) is 0.553. The molecule has 1 aliphatic heterocycles. The number of aliphatic hydroxyl groups is 2. The Morgan fingerprint density at radius 1 is 1.47 bits per heavy atom. The number of hydrogen-bond acceptors (Lipinski definition) is 7. The predicted octanol–water partition coefficient (Wildman–Crippen LogP) is -1.94. The molecule has 0 spiro atoms. The van der Waals surface area contributed by atoms with Crippen LogP contribution < -0.4 is 0 Å². The molecule has 8 heteroatoms. The summed E-state index contributed by atoms with van der Waals surface area (Å²) in [6.07, 6.45) is -3.44. The van der Waals surface area contributed by atoms with E-state index in [-0.39, 0.29) is 0 Å². The zero-order valence-corrected chi connectivity index (χ0v) is 9.18. The van der Waals surface area contributed by atoms with Crippen LogP contribution in [0, 0.1) is 0 Å². The molecule has 15 heavy (non-hydrogen) atoms. The molecule has 0 amide bonds. The molecule has 1 fully saturated rings. The van der Waals surface area contributed by atoms with Gasteiger partial charge < -0.3 is 19.7 Å². The Balaban J connectivity index is 2.76. The van der Waals surface area contributed by atoms with E-state index < -0.39 is 41.3 Å². The third kappa shape index (κ3) is 3.10. The number of aliphatic hydroxyl groups excluding tert-OH is 2. The Hall–Kier alpha value is -0.250. The van der Waals surface area contributed by atoms with Gasteiger partial charge in [0.15, 0.2) is 12.4 Å². The summed E-state index contributed by atoms with van der Waals surface area (Å²) in [5.41, 5.74) is 0. The third-order valence-electron chi connectivity index (χ3n) is 1.99. The highest BCUT2D eigenvalue weighted by atomic mass is 32.2. The molecule has 0 aromatic heterocycles. The summed E-state index contributed by atoms with van der Waals surface area (Å²) in [5.74, 6) is 0. The molecule has 4 atom stereocenters. The largest absolute Gasteiger partial charge is 0.394 e. The molecule has 0 bridgehead atoms. The summed E-state index contributed by atoms with van der Waals surface area (Å²) >= 11 is 0. The van der Waals surface area contributed by atoms with Gasteiger partial charge in [0.05, 0.1) is 12.9 Å². The van der Waals surface area contributed by atoms with E-state index in [0.717, 1.165) is 6.26 Å². The van der Waals surface area contributed by atoms with Crippen LogP contribution in [0.15, 0.2) is 0 Å². The van der Waals surface area contributed by atoms with E-state index in [1.54, 1.807) is 0 Å². The van der Waals surface area contributed by atoms with Crippen molar-refractivity contribution in [2.24, 2.45) is 0 Å². The van der Waals surface area contributed by atoms with Crippen molar-refractivity contribution in [1.29, 1.82) is 0 Å². The normalized spacial score (nSPS) is 37.1. The molecule has 1 saturated heterocycles. The number of methoxy groups -OCH3 is 1. The lowest BCUT2D eigenvalue weighted by molar-refractivity contribution is -0.147. The van der Waals surface area contributed by atoms with E-state index in [1.807, 2.05) is 0 Å². The summed E-state index contributed by atoms with van der Waals surface area (Å²) in [6, 6.07) is 0. The lowest BCUT2D eigenvalue weighted by atomic mass is 10.1. The van der Waals surface area contributed by atoms with E-state index in [9.17, 15) is 13.5 Å². The summed E-state index contributed by atoms with van der Waals surface area (Å²) in [4.78, 5) is 0.